The van der Waals surface area contributed by atoms with Gasteiger partial charge in [-0.05, 0) is 62.7 Å². The fraction of sp³-hybridized carbons (Fsp3) is 0.452. The normalized spacial score (nSPS) is 26.0. The summed E-state index contributed by atoms with van der Waals surface area (Å²) in [6.45, 7) is 3.72. The van der Waals surface area contributed by atoms with E-state index in [1.165, 1.54) is 18.3 Å². The van der Waals surface area contributed by atoms with Crippen LogP contribution in [-0.2, 0) is 0 Å². The average Bonchev–Trinajstić information content (AvgIpc) is 3.48. The molecule has 0 saturated carbocycles. The molecule has 2 N–H and O–H groups in total. The fourth-order valence-corrected chi connectivity index (χ4v) is 7.13. The molecule has 0 aliphatic carbocycles. The monoisotopic (exact) mass is 597 g/mol. The Morgan fingerprint density at radius 2 is 1.88 bits per heavy atom. The molecule has 43 heavy (non-hydrogen) atoms. The van der Waals surface area contributed by atoms with E-state index in [1.54, 1.807) is 6.92 Å². The molecular formula is C31H31F4N5O3. The molecule has 2 aromatic carbocycles. The number of hydrogen-bond acceptors (Lipinski definition) is 8. The second-order valence-corrected chi connectivity index (χ2v) is 12.4. The second kappa shape index (κ2) is 10.2. The summed E-state index contributed by atoms with van der Waals surface area (Å²) in [4.78, 5) is 17.2. The van der Waals surface area contributed by atoms with Gasteiger partial charge in [-0.2, -0.15) is 9.97 Å². The molecule has 0 radical (unpaired) electrons. The first-order valence-corrected chi connectivity index (χ1v) is 14.5. The lowest BCUT2D eigenvalue weighted by atomic mass is 9.95. The van der Waals surface area contributed by atoms with Crippen molar-refractivity contribution in [2.75, 3.05) is 37.7 Å². The Balaban J connectivity index is 1.37. The van der Waals surface area contributed by atoms with Crippen LogP contribution in [0.4, 0.5) is 23.4 Å². The summed E-state index contributed by atoms with van der Waals surface area (Å²) in [6, 6.07) is 4.49. The lowest BCUT2D eigenvalue weighted by molar-refractivity contribution is 0.0447. The number of aromatic nitrogens is 3. The van der Waals surface area contributed by atoms with Gasteiger partial charge in [-0.3, -0.25) is 9.88 Å². The van der Waals surface area contributed by atoms with Gasteiger partial charge in [0.25, 0.3) is 0 Å². The average molecular weight is 598 g/mol. The van der Waals surface area contributed by atoms with Crippen molar-refractivity contribution in [1.29, 1.82) is 0 Å². The van der Waals surface area contributed by atoms with Gasteiger partial charge in [0.1, 0.15) is 35.6 Å². The molecule has 0 spiro atoms. The third-order valence-electron chi connectivity index (χ3n) is 9.10. The molecule has 8 nitrogen and oxygen atoms in total. The predicted molar refractivity (Wildman–Crippen MR) is 152 cm³/mol. The molecular weight excluding hydrogens is 566 g/mol. The molecule has 226 valence electrons. The largest absolute Gasteiger partial charge is 0.508 e. The van der Waals surface area contributed by atoms with E-state index in [-0.39, 0.29) is 57.8 Å². The summed E-state index contributed by atoms with van der Waals surface area (Å²) in [6.07, 6.45) is 3.66. The first-order chi connectivity index (χ1) is 20.5. The van der Waals surface area contributed by atoms with Crippen LogP contribution in [0.5, 0.6) is 11.8 Å². The Morgan fingerprint density at radius 3 is 2.70 bits per heavy atom. The van der Waals surface area contributed by atoms with Crippen LogP contribution in [0.15, 0.2) is 30.5 Å². The Hall–Kier alpha value is -3.77. The van der Waals surface area contributed by atoms with Gasteiger partial charge in [0.2, 0.25) is 0 Å². The van der Waals surface area contributed by atoms with Gasteiger partial charge in [-0.25, -0.2) is 17.6 Å². The highest BCUT2D eigenvalue weighted by Gasteiger charge is 2.49. The molecule has 3 saturated heterocycles. The smallest absolute Gasteiger partial charge is 0.319 e. The number of halogens is 4. The van der Waals surface area contributed by atoms with Crippen molar-refractivity contribution in [3.8, 4) is 23.0 Å². The van der Waals surface area contributed by atoms with E-state index < -0.39 is 34.8 Å². The highest BCUT2D eigenvalue weighted by molar-refractivity contribution is 6.00. The van der Waals surface area contributed by atoms with Crippen molar-refractivity contribution in [3.63, 3.8) is 0 Å². The van der Waals surface area contributed by atoms with Crippen LogP contribution in [0.1, 0.15) is 39.0 Å². The van der Waals surface area contributed by atoms with Crippen LogP contribution in [0.25, 0.3) is 32.9 Å². The lowest BCUT2D eigenvalue weighted by Crippen LogP contribution is -2.46. The number of rotatable bonds is 5. The van der Waals surface area contributed by atoms with E-state index in [1.807, 2.05) is 4.90 Å². The van der Waals surface area contributed by atoms with Crippen molar-refractivity contribution in [2.45, 2.75) is 56.3 Å². The second-order valence-electron chi connectivity index (χ2n) is 12.4. The molecule has 0 amide bonds. The maximum absolute atomic E-state index is 16.5. The predicted octanol–water partition coefficient (Wildman–Crippen LogP) is 5.27. The van der Waals surface area contributed by atoms with Crippen molar-refractivity contribution in [1.82, 2.24) is 19.9 Å². The van der Waals surface area contributed by atoms with Crippen molar-refractivity contribution in [3.05, 3.63) is 47.9 Å². The van der Waals surface area contributed by atoms with Gasteiger partial charge in [-0.15, -0.1) is 0 Å². The zero-order chi connectivity index (χ0) is 30.1. The number of fused-ring (bicyclic) bond motifs is 3. The first-order valence-electron chi connectivity index (χ1n) is 14.5. The number of piperidine rings is 1. The third kappa shape index (κ3) is 4.80. The van der Waals surface area contributed by atoms with Gasteiger partial charge >= 0.3 is 6.01 Å². The number of aromatic hydroxyl groups is 1. The molecule has 0 unspecified atom stereocenters. The number of ether oxygens (including phenoxy) is 1. The quantitative estimate of drug-likeness (QED) is 0.301. The van der Waals surface area contributed by atoms with Crippen molar-refractivity contribution in [2.24, 2.45) is 0 Å². The van der Waals surface area contributed by atoms with Crippen LogP contribution in [0, 0.1) is 17.5 Å². The number of β-amino-alcohol motifs (C(OH)–C–C–N with tert-alkyl or cyclic N) is 1. The highest BCUT2D eigenvalue weighted by Crippen LogP contribution is 2.42. The van der Waals surface area contributed by atoms with Crippen LogP contribution in [-0.4, -0.2) is 80.2 Å². The van der Waals surface area contributed by atoms with Gasteiger partial charge in [0.05, 0.1) is 16.5 Å². The van der Waals surface area contributed by atoms with E-state index in [9.17, 15) is 19.0 Å². The summed E-state index contributed by atoms with van der Waals surface area (Å²) in [5.74, 6) is -3.22. The first kappa shape index (κ1) is 28.0. The van der Waals surface area contributed by atoms with Crippen LogP contribution in [0.2, 0.25) is 0 Å². The van der Waals surface area contributed by atoms with Crippen LogP contribution >= 0.6 is 0 Å². The number of anilines is 1. The number of benzene rings is 2. The molecule has 7 rings (SSSR count). The SMILES string of the molecule is C[C@@]1(O)CCCN(c2nc(OC[C@@]34CCCN3C[C@H](F)C4)nc3c(F)c(-c4cc(O)cc5ccc(F)c(F)c45)ncc23)C1. The number of pyridine rings is 1. The fourth-order valence-electron chi connectivity index (χ4n) is 7.13. The molecule has 0 bridgehead atoms. The summed E-state index contributed by atoms with van der Waals surface area (Å²) in [5.41, 5.74) is -2.14. The molecule has 12 heteroatoms. The van der Waals surface area contributed by atoms with E-state index in [0.29, 0.717) is 38.2 Å². The van der Waals surface area contributed by atoms with Gasteiger partial charge < -0.3 is 19.8 Å². The van der Waals surface area contributed by atoms with E-state index in [4.69, 9.17) is 4.74 Å². The number of hydrogen-bond donors (Lipinski definition) is 2. The molecule has 3 fully saturated rings. The molecule has 3 aliphatic heterocycles. The Labute approximate surface area is 244 Å². The molecule has 2 aromatic heterocycles. The van der Waals surface area contributed by atoms with Crippen LogP contribution < -0.4 is 9.64 Å². The van der Waals surface area contributed by atoms with E-state index in [0.717, 1.165) is 31.5 Å². The molecule has 5 heterocycles. The number of alkyl halides is 1. The summed E-state index contributed by atoms with van der Waals surface area (Å²) >= 11 is 0. The van der Waals surface area contributed by atoms with Gasteiger partial charge in [0.15, 0.2) is 17.5 Å². The lowest BCUT2D eigenvalue weighted by Gasteiger charge is -2.38. The maximum Gasteiger partial charge on any atom is 0.319 e. The number of aliphatic hydroxyl groups is 1. The molecule has 4 aromatic rings. The maximum atomic E-state index is 16.5. The Kier molecular flexibility index (Phi) is 6.62. The van der Waals surface area contributed by atoms with E-state index >= 15 is 8.78 Å². The minimum Gasteiger partial charge on any atom is -0.508 e. The van der Waals surface area contributed by atoms with Crippen molar-refractivity contribution < 1.29 is 32.5 Å². The van der Waals surface area contributed by atoms with Crippen LogP contribution in [0.3, 0.4) is 0 Å². The topological polar surface area (TPSA) is 94.8 Å². The number of phenols is 1. The Bertz CT molecular complexity index is 1750. The zero-order valence-electron chi connectivity index (χ0n) is 23.6. The Morgan fingerprint density at radius 1 is 1.07 bits per heavy atom. The minimum absolute atomic E-state index is 0.120. The van der Waals surface area contributed by atoms with Gasteiger partial charge in [0, 0.05) is 43.2 Å². The standard InChI is InChI=1S/C31H31F4N5O3/c1-30(42)6-2-8-39(15-30)28-21-13-36-26(20-11-19(41)10-17-4-5-22(33)24(34)23(17)20)25(35)27(21)37-29(38-28)43-16-31-7-3-9-40(31)14-18(32)12-31/h4-5,10-11,13,18,41-42H,2-3,6-9,12,14-16H2,1H3/t18-,30-,31+/m1/s1. The summed E-state index contributed by atoms with van der Waals surface area (Å²) < 4.78 is 66.3. The molecule has 3 aliphatic rings. The highest BCUT2D eigenvalue weighted by atomic mass is 19.2. The minimum atomic E-state index is -1.19. The zero-order valence-corrected chi connectivity index (χ0v) is 23.6. The summed E-state index contributed by atoms with van der Waals surface area (Å²) in [5, 5.41) is 21.3. The van der Waals surface area contributed by atoms with Crippen molar-refractivity contribution >= 4 is 27.5 Å². The number of nitrogens with zero attached hydrogens (tertiary/aromatic N) is 5. The third-order valence-corrected chi connectivity index (χ3v) is 9.10. The molecule has 3 atom stereocenters. The van der Waals surface area contributed by atoms with E-state index in [2.05, 4.69) is 19.9 Å². The number of phenolic OH excluding ortho intramolecular Hbond substituents is 1. The summed E-state index contributed by atoms with van der Waals surface area (Å²) in [7, 11) is 0. The van der Waals surface area contributed by atoms with Gasteiger partial charge in [-0.1, -0.05) is 6.07 Å².